The standard InChI is InChI=1S/C21H15Cl2N3O2S/c1-12-18(14-5-3-2-4-6-14)19-20(29-12)24-11-26(21(19)28)25-17(27)10-13-7-8-15(22)16(23)9-13/h2-9,11H,10H2,1H3,(H,25,27). The van der Waals surface area contributed by atoms with Crippen LogP contribution in [0.25, 0.3) is 21.3 Å². The number of aromatic nitrogens is 2. The number of fused-ring (bicyclic) bond motifs is 1. The Hall–Kier alpha value is -2.67. The minimum Gasteiger partial charge on any atom is -0.273 e. The molecule has 8 heteroatoms. The lowest BCUT2D eigenvalue weighted by atomic mass is 10.0. The van der Waals surface area contributed by atoms with Gasteiger partial charge in [0.2, 0.25) is 5.91 Å². The Bertz CT molecular complexity index is 1280. The summed E-state index contributed by atoms with van der Waals surface area (Å²) in [6, 6.07) is 14.7. The topological polar surface area (TPSA) is 64.0 Å². The molecule has 0 atom stereocenters. The lowest BCUT2D eigenvalue weighted by Gasteiger charge is -2.09. The summed E-state index contributed by atoms with van der Waals surface area (Å²) in [6.07, 6.45) is 1.39. The second kappa shape index (κ2) is 7.99. The molecule has 0 bridgehead atoms. The molecule has 2 aromatic carbocycles. The fourth-order valence-corrected chi connectivity index (χ4v) is 4.47. The van der Waals surface area contributed by atoms with Crippen molar-refractivity contribution in [3.63, 3.8) is 0 Å². The van der Waals surface area contributed by atoms with Crippen molar-refractivity contribution in [1.82, 2.24) is 9.66 Å². The van der Waals surface area contributed by atoms with Crippen molar-refractivity contribution in [1.29, 1.82) is 0 Å². The van der Waals surface area contributed by atoms with Crippen molar-refractivity contribution in [3.05, 3.63) is 85.7 Å². The molecule has 0 unspecified atom stereocenters. The molecule has 4 aromatic rings. The van der Waals surface area contributed by atoms with Gasteiger partial charge in [0.25, 0.3) is 5.56 Å². The van der Waals surface area contributed by atoms with Gasteiger partial charge in [0.1, 0.15) is 11.2 Å². The van der Waals surface area contributed by atoms with Crippen molar-refractivity contribution < 1.29 is 4.79 Å². The molecule has 146 valence electrons. The van der Waals surface area contributed by atoms with Crippen LogP contribution in [0.15, 0.2) is 59.7 Å². The first-order valence-electron chi connectivity index (χ1n) is 8.74. The van der Waals surface area contributed by atoms with Crippen molar-refractivity contribution in [3.8, 4) is 11.1 Å². The van der Waals surface area contributed by atoms with Crippen LogP contribution in [0.5, 0.6) is 0 Å². The number of amides is 1. The molecule has 1 amide bonds. The van der Waals surface area contributed by atoms with Crippen LogP contribution in [-0.2, 0) is 11.2 Å². The molecule has 2 aromatic heterocycles. The number of benzene rings is 2. The van der Waals surface area contributed by atoms with Crippen LogP contribution < -0.4 is 11.0 Å². The average Bonchev–Trinajstić information content (AvgIpc) is 3.04. The number of carbonyl (C=O) groups is 1. The number of carbonyl (C=O) groups excluding carboxylic acids is 1. The second-order valence-corrected chi connectivity index (χ2v) is 8.48. The van der Waals surface area contributed by atoms with Gasteiger partial charge in [0.15, 0.2) is 0 Å². The molecule has 0 saturated heterocycles. The van der Waals surface area contributed by atoms with Gasteiger partial charge in [-0.15, -0.1) is 11.3 Å². The Morgan fingerprint density at radius 3 is 2.62 bits per heavy atom. The fraction of sp³-hybridized carbons (Fsp3) is 0.0952. The van der Waals surface area contributed by atoms with Crippen molar-refractivity contribution >= 4 is 50.7 Å². The lowest BCUT2D eigenvalue weighted by Crippen LogP contribution is -2.34. The molecule has 0 fully saturated rings. The van der Waals surface area contributed by atoms with Gasteiger partial charge >= 0.3 is 0 Å². The highest BCUT2D eigenvalue weighted by Gasteiger charge is 2.17. The largest absolute Gasteiger partial charge is 0.281 e. The number of hydrogen-bond donors (Lipinski definition) is 1. The molecule has 0 spiro atoms. The highest BCUT2D eigenvalue weighted by molar-refractivity contribution is 7.19. The van der Waals surface area contributed by atoms with E-state index in [1.54, 1.807) is 18.2 Å². The van der Waals surface area contributed by atoms with Crippen LogP contribution in [0, 0.1) is 6.92 Å². The highest BCUT2D eigenvalue weighted by atomic mass is 35.5. The summed E-state index contributed by atoms with van der Waals surface area (Å²) in [4.78, 5) is 31.6. The number of halogens is 2. The Labute approximate surface area is 180 Å². The summed E-state index contributed by atoms with van der Waals surface area (Å²) in [7, 11) is 0. The van der Waals surface area contributed by atoms with E-state index in [9.17, 15) is 9.59 Å². The van der Waals surface area contributed by atoms with Gasteiger partial charge in [-0.25, -0.2) is 9.66 Å². The lowest BCUT2D eigenvalue weighted by molar-refractivity contribution is -0.116. The monoisotopic (exact) mass is 443 g/mol. The van der Waals surface area contributed by atoms with Gasteiger partial charge in [0, 0.05) is 10.4 Å². The first-order valence-corrected chi connectivity index (χ1v) is 10.3. The minimum atomic E-state index is -0.361. The van der Waals surface area contributed by atoms with E-state index in [0.717, 1.165) is 20.7 Å². The third-order valence-electron chi connectivity index (χ3n) is 4.45. The van der Waals surface area contributed by atoms with Gasteiger partial charge in [-0.1, -0.05) is 59.6 Å². The number of thiophene rings is 1. The summed E-state index contributed by atoms with van der Waals surface area (Å²) in [5.41, 5.74) is 4.76. The predicted molar refractivity (Wildman–Crippen MR) is 119 cm³/mol. The maximum absolute atomic E-state index is 13.1. The van der Waals surface area contributed by atoms with E-state index in [1.165, 1.54) is 17.7 Å². The van der Waals surface area contributed by atoms with E-state index in [2.05, 4.69) is 10.4 Å². The molecule has 4 rings (SSSR count). The number of hydrogen-bond acceptors (Lipinski definition) is 4. The molecule has 2 heterocycles. The molecular weight excluding hydrogens is 429 g/mol. The van der Waals surface area contributed by atoms with E-state index in [4.69, 9.17) is 23.2 Å². The van der Waals surface area contributed by atoms with Gasteiger partial charge in [0.05, 0.1) is 21.9 Å². The minimum absolute atomic E-state index is 0.0512. The third kappa shape index (κ3) is 3.92. The number of nitrogens with zero attached hydrogens (tertiary/aromatic N) is 2. The van der Waals surface area contributed by atoms with Crippen molar-refractivity contribution in [2.75, 3.05) is 5.43 Å². The predicted octanol–water partition coefficient (Wildman–Crippen LogP) is 5.05. The van der Waals surface area contributed by atoms with Crippen LogP contribution in [0.1, 0.15) is 10.4 Å². The zero-order valence-corrected chi connectivity index (χ0v) is 17.6. The quantitative estimate of drug-likeness (QED) is 0.479. The van der Waals surface area contributed by atoms with E-state index in [0.29, 0.717) is 25.8 Å². The zero-order chi connectivity index (χ0) is 20.5. The van der Waals surface area contributed by atoms with Crippen LogP contribution in [0.2, 0.25) is 10.0 Å². The van der Waals surface area contributed by atoms with Gasteiger partial charge in [-0.3, -0.25) is 15.0 Å². The highest BCUT2D eigenvalue weighted by Crippen LogP contribution is 2.35. The maximum Gasteiger partial charge on any atom is 0.281 e. The summed E-state index contributed by atoms with van der Waals surface area (Å²) in [5, 5.41) is 1.29. The Morgan fingerprint density at radius 2 is 1.90 bits per heavy atom. The van der Waals surface area contributed by atoms with Crippen molar-refractivity contribution in [2.24, 2.45) is 0 Å². The summed E-state index contributed by atoms with van der Waals surface area (Å²) in [6.45, 7) is 1.96. The van der Waals surface area contributed by atoms with E-state index >= 15 is 0 Å². The SMILES string of the molecule is Cc1sc2ncn(NC(=O)Cc3ccc(Cl)c(Cl)c3)c(=O)c2c1-c1ccccc1. The zero-order valence-electron chi connectivity index (χ0n) is 15.3. The van der Waals surface area contributed by atoms with Gasteiger partial charge < -0.3 is 0 Å². The van der Waals surface area contributed by atoms with Gasteiger partial charge in [-0.2, -0.15) is 0 Å². The second-order valence-electron chi connectivity index (χ2n) is 6.46. The summed E-state index contributed by atoms with van der Waals surface area (Å²) in [5.74, 6) is -0.361. The molecule has 5 nitrogen and oxygen atoms in total. The maximum atomic E-state index is 13.1. The Balaban J connectivity index is 1.68. The first kappa shape index (κ1) is 19.6. The van der Waals surface area contributed by atoms with E-state index in [-0.39, 0.29) is 17.9 Å². The first-order chi connectivity index (χ1) is 13.9. The van der Waals surface area contributed by atoms with E-state index in [1.807, 2.05) is 37.3 Å². The smallest absolute Gasteiger partial charge is 0.273 e. The molecule has 0 aliphatic rings. The van der Waals surface area contributed by atoms with E-state index < -0.39 is 0 Å². The summed E-state index contributed by atoms with van der Waals surface area (Å²) >= 11 is 13.4. The van der Waals surface area contributed by atoms with Crippen molar-refractivity contribution in [2.45, 2.75) is 13.3 Å². The van der Waals surface area contributed by atoms with Crippen LogP contribution in [-0.4, -0.2) is 15.6 Å². The molecule has 0 saturated carbocycles. The number of aryl methyl sites for hydroxylation is 1. The number of rotatable bonds is 4. The fourth-order valence-electron chi connectivity index (χ4n) is 3.14. The van der Waals surface area contributed by atoms with Crippen LogP contribution >= 0.6 is 34.5 Å². The molecule has 1 N–H and O–H groups in total. The van der Waals surface area contributed by atoms with Crippen LogP contribution in [0.4, 0.5) is 0 Å². The summed E-state index contributed by atoms with van der Waals surface area (Å²) < 4.78 is 1.13. The Kier molecular flexibility index (Phi) is 5.41. The molecular formula is C21H15Cl2N3O2S. The third-order valence-corrected chi connectivity index (χ3v) is 6.20. The molecule has 0 radical (unpaired) electrons. The average molecular weight is 444 g/mol. The number of nitrogens with one attached hydrogen (secondary N) is 1. The molecule has 29 heavy (non-hydrogen) atoms. The van der Waals surface area contributed by atoms with Gasteiger partial charge in [-0.05, 0) is 30.2 Å². The normalized spacial score (nSPS) is 11.0. The molecule has 0 aliphatic carbocycles. The van der Waals surface area contributed by atoms with Crippen LogP contribution in [0.3, 0.4) is 0 Å². The Morgan fingerprint density at radius 1 is 1.14 bits per heavy atom. The molecule has 0 aliphatic heterocycles.